The van der Waals surface area contributed by atoms with Gasteiger partial charge in [0.05, 0.1) is 0 Å². The Kier molecular flexibility index (Phi) is 4.73. The number of rotatable bonds is 5. The van der Waals surface area contributed by atoms with Gasteiger partial charge in [0.2, 0.25) is 0 Å². The molecule has 0 saturated heterocycles. The topological polar surface area (TPSA) is 17.1 Å². The Balaban J connectivity index is 2.35. The zero-order valence-corrected chi connectivity index (χ0v) is 12.5. The molecule has 2 aromatic rings. The van der Waals surface area contributed by atoms with Crippen LogP contribution in [-0.4, -0.2) is 5.78 Å². The van der Waals surface area contributed by atoms with Gasteiger partial charge >= 0.3 is 0 Å². The Morgan fingerprint density at radius 1 is 0.950 bits per heavy atom. The third-order valence-electron chi connectivity index (χ3n) is 3.59. The van der Waals surface area contributed by atoms with Crippen molar-refractivity contribution in [3.05, 3.63) is 60.2 Å². The van der Waals surface area contributed by atoms with Gasteiger partial charge in [0.15, 0.2) is 0 Å². The highest BCUT2D eigenvalue weighted by atomic mass is 16.1. The van der Waals surface area contributed by atoms with Gasteiger partial charge < -0.3 is 0 Å². The van der Waals surface area contributed by atoms with Crippen molar-refractivity contribution in [2.75, 3.05) is 0 Å². The molecule has 0 fully saturated rings. The molecule has 0 aromatic heterocycles. The summed E-state index contributed by atoms with van der Waals surface area (Å²) < 4.78 is 0. The van der Waals surface area contributed by atoms with E-state index in [2.05, 4.69) is 44.2 Å². The third-order valence-corrected chi connectivity index (χ3v) is 3.59. The van der Waals surface area contributed by atoms with Crippen molar-refractivity contribution in [1.82, 2.24) is 0 Å². The summed E-state index contributed by atoms with van der Waals surface area (Å²) in [5.74, 6) is 0.784. The molecular weight excluding hydrogens is 244 g/mol. The lowest BCUT2D eigenvalue weighted by Gasteiger charge is -2.17. The van der Waals surface area contributed by atoms with Crippen LogP contribution in [-0.2, 0) is 4.79 Å². The van der Waals surface area contributed by atoms with Crippen molar-refractivity contribution in [1.29, 1.82) is 0 Å². The lowest BCUT2D eigenvalue weighted by molar-refractivity contribution is -0.118. The number of hydrogen-bond donors (Lipinski definition) is 0. The number of Topliss-reactive ketones (excluding diaryl/α,β-unsaturated/α-hetero) is 1. The van der Waals surface area contributed by atoms with Crippen LogP contribution in [0.5, 0.6) is 0 Å². The van der Waals surface area contributed by atoms with E-state index in [1.54, 1.807) is 6.92 Å². The first-order valence-corrected chi connectivity index (χ1v) is 7.23. The zero-order valence-electron chi connectivity index (χ0n) is 12.5. The molecule has 0 aliphatic rings. The molecule has 1 heteroatoms. The second-order valence-electron chi connectivity index (χ2n) is 5.78. The maximum atomic E-state index is 11.9. The molecular formula is C19H22O. The van der Waals surface area contributed by atoms with Crippen molar-refractivity contribution < 1.29 is 4.79 Å². The Labute approximate surface area is 121 Å². The molecule has 20 heavy (non-hydrogen) atoms. The van der Waals surface area contributed by atoms with Crippen molar-refractivity contribution in [3.63, 3.8) is 0 Å². The molecule has 1 unspecified atom stereocenters. The molecule has 0 bridgehead atoms. The molecule has 0 heterocycles. The first kappa shape index (κ1) is 14.5. The minimum Gasteiger partial charge on any atom is -0.299 e. The molecule has 1 nitrogen and oxygen atoms in total. The standard InChI is InChI=1S/C19H22O/c1-14(2)12-19(15(3)20)18-11-7-10-17(13-18)16-8-5-4-6-9-16/h4-11,13-14,19H,12H2,1-3H3. The summed E-state index contributed by atoms with van der Waals surface area (Å²) in [6.07, 6.45) is 0.910. The smallest absolute Gasteiger partial charge is 0.137 e. The van der Waals surface area contributed by atoms with Crippen molar-refractivity contribution in [3.8, 4) is 11.1 Å². The first-order chi connectivity index (χ1) is 9.58. The van der Waals surface area contributed by atoms with Gasteiger partial charge in [0.25, 0.3) is 0 Å². The Bertz CT molecular complexity index is 569. The van der Waals surface area contributed by atoms with Crippen LogP contribution in [0.4, 0.5) is 0 Å². The van der Waals surface area contributed by atoms with Crippen LogP contribution in [0.1, 0.15) is 38.7 Å². The first-order valence-electron chi connectivity index (χ1n) is 7.23. The van der Waals surface area contributed by atoms with Crippen LogP contribution in [0, 0.1) is 5.92 Å². The molecule has 2 rings (SSSR count). The summed E-state index contributed by atoms with van der Waals surface area (Å²) in [7, 11) is 0. The monoisotopic (exact) mass is 266 g/mol. The molecule has 0 spiro atoms. The number of carbonyl (C=O) groups is 1. The van der Waals surface area contributed by atoms with Gasteiger partial charge in [-0.05, 0) is 36.0 Å². The minimum absolute atomic E-state index is 0.0127. The van der Waals surface area contributed by atoms with Gasteiger partial charge in [-0.15, -0.1) is 0 Å². The van der Waals surface area contributed by atoms with Crippen LogP contribution in [0.3, 0.4) is 0 Å². The molecule has 0 amide bonds. The highest BCUT2D eigenvalue weighted by molar-refractivity contribution is 5.84. The Morgan fingerprint density at radius 3 is 2.20 bits per heavy atom. The second kappa shape index (κ2) is 6.51. The summed E-state index contributed by atoms with van der Waals surface area (Å²) in [4.78, 5) is 11.9. The van der Waals surface area contributed by atoms with Crippen LogP contribution in [0.2, 0.25) is 0 Å². The van der Waals surface area contributed by atoms with Gasteiger partial charge in [-0.25, -0.2) is 0 Å². The molecule has 0 saturated carbocycles. The normalized spacial score (nSPS) is 12.4. The van der Waals surface area contributed by atoms with Crippen LogP contribution in [0.15, 0.2) is 54.6 Å². The lowest BCUT2D eigenvalue weighted by atomic mass is 9.86. The van der Waals surface area contributed by atoms with Crippen molar-refractivity contribution >= 4 is 5.78 Å². The number of ketones is 1. The fourth-order valence-corrected chi connectivity index (χ4v) is 2.57. The molecule has 0 aliphatic heterocycles. The summed E-state index contributed by atoms with van der Waals surface area (Å²) in [6.45, 7) is 6.02. The van der Waals surface area contributed by atoms with Crippen LogP contribution >= 0.6 is 0 Å². The van der Waals surface area contributed by atoms with Crippen molar-refractivity contribution in [2.24, 2.45) is 5.92 Å². The minimum atomic E-state index is 0.0127. The van der Waals surface area contributed by atoms with Gasteiger partial charge in [-0.2, -0.15) is 0 Å². The summed E-state index contributed by atoms with van der Waals surface area (Å²) in [5, 5.41) is 0. The number of benzene rings is 2. The van der Waals surface area contributed by atoms with Gasteiger partial charge in [-0.1, -0.05) is 68.4 Å². The van der Waals surface area contributed by atoms with Gasteiger partial charge in [0, 0.05) is 5.92 Å². The zero-order chi connectivity index (χ0) is 14.5. The molecule has 2 aromatic carbocycles. The molecule has 0 radical (unpaired) electrons. The van der Waals surface area contributed by atoms with Crippen LogP contribution in [0.25, 0.3) is 11.1 Å². The van der Waals surface area contributed by atoms with E-state index in [0.29, 0.717) is 5.92 Å². The lowest BCUT2D eigenvalue weighted by Crippen LogP contribution is -2.11. The van der Waals surface area contributed by atoms with E-state index in [1.807, 2.05) is 24.3 Å². The Hall–Kier alpha value is -1.89. The quantitative estimate of drug-likeness (QED) is 0.738. The van der Waals surface area contributed by atoms with E-state index in [0.717, 1.165) is 12.0 Å². The molecule has 104 valence electrons. The van der Waals surface area contributed by atoms with E-state index in [9.17, 15) is 4.79 Å². The molecule has 1 atom stereocenters. The summed E-state index contributed by atoms with van der Waals surface area (Å²) in [5.41, 5.74) is 3.51. The summed E-state index contributed by atoms with van der Waals surface area (Å²) in [6, 6.07) is 18.7. The predicted molar refractivity (Wildman–Crippen MR) is 84.8 cm³/mol. The number of carbonyl (C=O) groups excluding carboxylic acids is 1. The van der Waals surface area contributed by atoms with Crippen LogP contribution < -0.4 is 0 Å². The van der Waals surface area contributed by atoms with Gasteiger partial charge in [0.1, 0.15) is 5.78 Å². The van der Waals surface area contributed by atoms with E-state index < -0.39 is 0 Å². The maximum Gasteiger partial charge on any atom is 0.137 e. The molecule has 0 aliphatic carbocycles. The fourth-order valence-electron chi connectivity index (χ4n) is 2.57. The predicted octanol–water partition coefficient (Wildman–Crippen LogP) is 5.07. The van der Waals surface area contributed by atoms with Gasteiger partial charge in [-0.3, -0.25) is 4.79 Å². The second-order valence-corrected chi connectivity index (χ2v) is 5.78. The molecule has 0 N–H and O–H groups in total. The van der Waals surface area contributed by atoms with E-state index in [4.69, 9.17) is 0 Å². The largest absolute Gasteiger partial charge is 0.299 e. The average molecular weight is 266 g/mol. The average Bonchev–Trinajstić information content (AvgIpc) is 2.45. The maximum absolute atomic E-state index is 11.9. The third kappa shape index (κ3) is 3.57. The van der Waals surface area contributed by atoms with Crippen molar-refractivity contribution in [2.45, 2.75) is 33.1 Å². The highest BCUT2D eigenvalue weighted by Gasteiger charge is 2.18. The van der Waals surface area contributed by atoms with E-state index in [1.165, 1.54) is 11.1 Å². The number of hydrogen-bond acceptors (Lipinski definition) is 1. The fraction of sp³-hybridized carbons (Fsp3) is 0.316. The van der Waals surface area contributed by atoms with E-state index in [-0.39, 0.29) is 11.7 Å². The van der Waals surface area contributed by atoms with E-state index >= 15 is 0 Å². The SMILES string of the molecule is CC(=O)C(CC(C)C)c1cccc(-c2ccccc2)c1. The Morgan fingerprint density at radius 2 is 1.60 bits per heavy atom. The summed E-state index contributed by atoms with van der Waals surface area (Å²) >= 11 is 0. The highest BCUT2D eigenvalue weighted by Crippen LogP contribution is 2.28.